The molecule has 0 spiro atoms. The van der Waals surface area contributed by atoms with Crippen molar-refractivity contribution in [2.75, 3.05) is 17.1 Å². The van der Waals surface area contributed by atoms with E-state index in [-0.39, 0.29) is 25.0 Å². The minimum absolute atomic E-state index is 0.118. The highest BCUT2D eigenvalue weighted by atomic mass is 79.9. The third-order valence-corrected chi connectivity index (χ3v) is 8.67. The number of rotatable bonds is 10. The Labute approximate surface area is 223 Å². The molecule has 1 aliphatic rings. The Morgan fingerprint density at radius 2 is 1.75 bits per heavy atom. The molecular weight excluding hydrogens is 542 g/mol. The van der Waals surface area contributed by atoms with Crippen molar-refractivity contribution in [2.24, 2.45) is 0 Å². The normalized spacial score (nSPS) is 15.2. The van der Waals surface area contributed by atoms with Crippen LogP contribution < -0.4 is 9.62 Å². The Morgan fingerprint density at radius 1 is 1.08 bits per heavy atom. The van der Waals surface area contributed by atoms with Crippen LogP contribution in [0.25, 0.3) is 0 Å². The van der Waals surface area contributed by atoms with Crippen LogP contribution in [0.2, 0.25) is 0 Å². The van der Waals surface area contributed by atoms with Gasteiger partial charge in [0.25, 0.3) is 0 Å². The largest absolute Gasteiger partial charge is 0.352 e. The van der Waals surface area contributed by atoms with Crippen LogP contribution in [-0.2, 0) is 26.2 Å². The molecule has 1 atom stereocenters. The summed E-state index contributed by atoms with van der Waals surface area (Å²) >= 11 is 3.44. The third-order valence-electron chi connectivity index (χ3n) is 6.64. The predicted molar refractivity (Wildman–Crippen MR) is 147 cm³/mol. The van der Waals surface area contributed by atoms with Crippen LogP contribution in [0.5, 0.6) is 0 Å². The molecule has 0 aliphatic heterocycles. The standard InChI is InChI=1S/C27H36BrN3O4S/c1-4-25(27(33)29-22-13-9-6-10-14-22)30(18-21-11-7-5-8-12-21)26(32)19-31(36(3,34)35)23-15-16-24(28)20(2)17-23/h5,7-8,11-12,15-17,22,25H,4,6,9-10,13-14,18-19H2,1-3H3,(H,29,33). The van der Waals surface area contributed by atoms with Crippen molar-refractivity contribution in [1.82, 2.24) is 10.2 Å². The summed E-state index contributed by atoms with van der Waals surface area (Å²) in [5.41, 5.74) is 2.14. The van der Waals surface area contributed by atoms with Gasteiger partial charge in [0.1, 0.15) is 12.6 Å². The van der Waals surface area contributed by atoms with E-state index in [0.717, 1.165) is 51.8 Å². The number of carbonyl (C=O) groups excluding carboxylic acids is 2. The summed E-state index contributed by atoms with van der Waals surface area (Å²) < 4.78 is 27.4. The van der Waals surface area contributed by atoms with E-state index < -0.39 is 22.0 Å². The van der Waals surface area contributed by atoms with Crippen molar-refractivity contribution >= 4 is 43.5 Å². The topological polar surface area (TPSA) is 86.8 Å². The van der Waals surface area contributed by atoms with Crippen molar-refractivity contribution in [2.45, 2.75) is 71.0 Å². The zero-order chi connectivity index (χ0) is 26.3. The Balaban J connectivity index is 1.90. The predicted octanol–water partition coefficient (Wildman–Crippen LogP) is 4.78. The SMILES string of the molecule is CCC(C(=O)NC1CCCCC1)N(Cc1ccccc1)C(=O)CN(c1ccc(Br)c(C)c1)S(C)(=O)=O. The fourth-order valence-corrected chi connectivity index (χ4v) is 5.73. The lowest BCUT2D eigenvalue weighted by molar-refractivity contribution is -0.140. The van der Waals surface area contributed by atoms with E-state index in [1.54, 1.807) is 18.2 Å². The van der Waals surface area contributed by atoms with E-state index >= 15 is 0 Å². The number of nitrogens with zero attached hydrogens (tertiary/aromatic N) is 2. The van der Waals surface area contributed by atoms with E-state index in [0.29, 0.717) is 12.1 Å². The van der Waals surface area contributed by atoms with Crippen LogP contribution in [0, 0.1) is 6.92 Å². The number of hydrogen-bond donors (Lipinski definition) is 1. The van der Waals surface area contributed by atoms with Crippen LogP contribution >= 0.6 is 15.9 Å². The fraction of sp³-hybridized carbons (Fsp3) is 0.481. The van der Waals surface area contributed by atoms with Gasteiger partial charge in [-0.25, -0.2) is 8.42 Å². The van der Waals surface area contributed by atoms with Crippen LogP contribution in [0.4, 0.5) is 5.69 Å². The van der Waals surface area contributed by atoms with Crippen LogP contribution in [-0.4, -0.2) is 50.0 Å². The maximum absolute atomic E-state index is 13.8. The van der Waals surface area contributed by atoms with Gasteiger partial charge < -0.3 is 10.2 Å². The molecule has 7 nitrogen and oxygen atoms in total. The number of halogens is 1. The van der Waals surface area contributed by atoms with E-state index in [2.05, 4.69) is 21.2 Å². The molecule has 0 aromatic heterocycles. The van der Waals surface area contributed by atoms with Gasteiger partial charge in [0.05, 0.1) is 11.9 Å². The van der Waals surface area contributed by atoms with E-state index in [1.165, 1.54) is 11.3 Å². The summed E-state index contributed by atoms with van der Waals surface area (Å²) in [4.78, 5) is 28.7. The number of benzene rings is 2. The second-order valence-corrected chi connectivity index (χ2v) is 12.2. The first-order valence-electron chi connectivity index (χ1n) is 12.5. The maximum Gasteiger partial charge on any atom is 0.244 e. The minimum atomic E-state index is -3.75. The number of aryl methyl sites for hydroxylation is 1. The molecule has 1 aliphatic carbocycles. The molecule has 1 fully saturated rings. The highest BCUT2D eigenvalue weighted by Gasteiger charge is 2.32. The summed E-state index contributed by atoms with van der Waals surface area (Å²) in [7, 11) is -3.75. The highest BCUT2D eigenvalue weighted by molar-refractivity contribution is 9.10. The molecular formula is C27H36BrN3O4S. The minimum Gasteiger partial charge on any atom is -0.352 e. The summed E-state index contributed by atoms with van der Waals surface area (Å²) in [5.74, 6) is -0.602. The van der Waals surface area contributed by atoms with E-state index in [1.807, 2.05) is 44.2 Å². The zero-order valence-corrected chi connectivity index (χ0v) is 23.6. The third kappa shape index (κ3) is 7.56. The summed E-state index contributed by atoms with van der Waals surface area (Å²) in [5, 5.41) is 3.15. The quantitative estimate of drug-likeness (QED) is 0.440. The first-order valence-corrected chi connectivity index (χ1v) is 15.1. The smallest absolute Gasteiger partial charge is 0.244 e. The molecule has 0 saturated heterocycles. The first-order chi connectivity index (χ1) is 17.1. The number of nitrogens with one attached hydrogen (secondary N) is 1. The van der Waals surface area contributed by atoms with Crippen LogP contribution in [0.3, 0.4) is 0 Å². The molecule has 2 aromatic carbocycles. The van der Waals surface area contributed by atoms with Crippen LogP contribution in [0.15, 0.2) is 53.0 Å². The molecule has 0 heterocycles. The lowest BCUT2D eigenvalue weighted by Crippen LogP contribution is -2.53. The van der Waals surface area contributed by atoms with E-state index in [4.69, 9.17) is 0 Å². The first kappa shape index (κ1) is 28.2. The summed E-state index contributed by atoms with van der Waals surface area (Å²) in [6.07, 6.45) is 6.76. The molecule has 3 rings (SSSR count). The molecule has 36 heavy (non-hydrogen) atoms. The molecule has 2 amide bonds. The summed E-state index contributed by atoms with van der Waals surface area (Å²) in [6.45, 7) is 3.57. The Morgan fingerprint density at radius 3 is 2.33 bits per heavy atom. The van der Waals surface area contributed by atoms with Crippen LogP contribution in [0.1, 0.15) is 56.6 Å². The average Bonchev–Trinajstić information content (AvgIpc) is 2.84. The van der Waals surface area contributed by atoms with Gasteiger partial charge in [-0.05, 0) is 55.5 Å². The zero-order valence-electron chi connectivity index (χ0n) is 21.2. The molecule has 1 saturated carbocycles. The van der Waals surface area contributed by atoms with Crippen molar-refractivity contribution in [1.29, 1.82) is 0 Å². The lowest BCUT2D eigenvalue weighted by atomic mass is 9.95. The molecule has 196 valence electrons. The molecule has 9 heteroatoms. The molecule has 1 unspecified atom stereocenters. The fourth-order valence-electron chi connectivity index (χ4n) is 4.64. The Hall–Kier alpha value is -2.39. The molecule has 2 aromatic rings. The lowest BCUT2D eigenvalue weighted by Gasteiger charge is -2.34. The van der Waals surface area contributed by atoms with Crippen molar-refractivity contribution in [3.63, 3.8) is 0 Å². The monoisotopic (exact) mass is 577 g/mol. The van der Waals surface area contributed by atoms with Gasteiger partial charge in [-0.3, -0.25) is 13.9 Å². The Kier molecular flexibility index (Phi) is 9.96. The van der Waals surface area contributed by atoms with Gasteiger partial charge in [-0.2, -0.15) is 0 Å². The van der Waals surface area contributed by atoms with E-state index in [9.17, 15) is 18.0 Å². The van der Waals surface area contributed by atoms with Gasteiger partial charge in [0.15, 0.2) is 0 Å². The highest BCUT2D eigenvalue weighted by Crippen LogP contribution is 2.25. The number of hydrogen-bond acceptors (Lipinski definition) is 4. The van der Waals surface area contributed by atoms with Gasteiger partial charge in [-0.15, -0.1) is 0 Å². The molecule has 1 N–H and O–H groups in total. The summed E-state index contributed by atoms with van der Waals surface area (Å²) in [6, 6.07) is 14.0. The van der Waals surface area contributed by atoms with Crippen molar-refractivity contribution < 1.29 is 18.0 Å². The number of sulfonamides is 1. The average molecular weight is 579 g/mol. The molecule has 0 bridgehead atoms. The Bertz CT molecular complexity index is 1150. The van der Waals surface area contributed by atoms with Crippen molar-refractivity contribution in [3.8, 4) is 0 Å². The second kappa shape index (κ2) is 12.7. The maximum atomic E-state index is 13.8. The van der Waals surface area contributed by atoms with Crippen molar-refractivity contribution in [3.05, 3.63) is 64.1 Å². The van der Waals surface area contributed by atoms with Gasteiger partial charge in [-0.1, -0.05) is 72.4 Å². The van der Waals surface area contributed by atoms with Gasteiger partial charge in [0, 0.05) is 17.1 Å². The number of amides is 2. The number of anilines is 1. The molecule has 0 radical (unpaired) electrons. The number of carbonyl (C=O) groups is 2. The second-order valence-electron chi connectivity index (χ2n) is 9.48. The van der Waals surface area contributed by atoms with Gasteiger partial charge in [0.2, 0.25) is 21.8 Å². The van der Waals surface area contributed by atoms with Gasteiger partial charge >= 0.3 is 0 Å².